The molecule has 0 radical (unpaired) electrons. The maximum atomic E-state index is 9.76. The van der Waals surface area contributed by atoms with E-state index in [4.69, 9.17) is 19.0 Å². The molecule has 1 heterocycles. The molecule has 1 aromatic carbocycles. The maximum absolute atomic E-state index is 9.76. The molecule has 0 saturated carbocycles. The third-order valence-corrected chi connectivity index (χ3v) is 2.37. The SMILES string of the molecule is COc1cc(OC)c2oc(CO)c(O)c2c1. The highest BCUT2D eigenvalue weighted by Gasteiger charge is 2.17. The summed E-state index contributed by atoms with van der Waals surface area (Å²) in [7, 11) is 3.01. The van der Waals surface area contributed by atoms with Gasteiger partial charge in [0.05, 0.1) is 19.6 Å². The third-order valence-electron chi connectivity index (χ3n) is 2.37. The number of ether oxygens (including phenoxy) is 2. The Morgan fingerprint density at radius 1 is 1.25 bits per heavy atom. The van der Waals surface area contributed by atoms with Gasteiger partial charge in [0, 0.05) is 6.07 Å². The van der Waals surface area contributed by atoms with Crippen molar-refractivity contribution in [1.82, 2.24) is 0 Å². The van der Waals surface area contributed by atoms with E-state index in [0.29, 0.717) is 22.5 Å². The number of aliphatic hydroxyl groups is 1. The molecule has 0 saturated heterocycles. The minimum Gasteiger partial charge on any atom is -0.504 e. The maximum Gasteiger partial charge on any atom is 0.180 e. The van der Waals surface area contributed by atoms with Gasteiger partial charge in [0.2, 0.25) is 0 Å². The number of furan rings is 1. The van der Waals surface area contributed by atoms with E-state index < -0.39 is 0 Å². The van der Waals surface area contributed by atoms with Crippen LogP contribution >= 0.6 is 0 Å². The van der Waals surface area contributed by atoms with Gasteiger partial charge in [-0.2, -0.15) is 0 Å². The zero-order valence-corrected chi connectivity index (χ0v) is 8.98. The highest BCUT2D eigenvalue weighted by Crippen LogP contribution is 2.40. The Morgan fingerprint density at radius 2 is 2.00 bits per heavy atom. The lowest BCUT2D eigenvalue weighted by atomic mass is 10.2. The second-order valence-corrected chi connectivity index (χ2v) is 3.24. The van der Waals surface area contributed by atoms with Crippen molar-refractivity contribution in [3.8, 4) is 17.2 Å². The van der Waals surface area contributed by atoms with E-state index in [9.17, 15) is 5.11 Å². The summed E-state index contributed by atoms with van der Waals surface area (Å²) in [6, 6.07) is 3.27. The Morgan fingerprint density at radius 3 is 2.56 bits per heavy atom. The summed E-state index contributed by atoms with van der Waals surface area (Å²) in [6.45, 7) is -0.369. The first-order chi connectivity index (χ1) is 7.71. The van der Waals surface area contributed by atoms with Gasteiger partial charge in [0.15, 0.2) is 22.8 Å². The number of aliphatic hydroxyl groups excluding tert-OH is 1. The molecule has 0 atom stereocenters. The van der Waals surface area contributed by atoms with Gasteiger partial charge in [-0.3, -0.25) is 0 Å². The van der Waals surface area contributed by atoms with E-state index in [0.717, 1.165) is 0 Å². The van der Waals surface area contributed by atoms with Crippen molar-refractivity contribution in [2.75, 3.05) is 14.2 Å². The number of fused-ring (bicyclic) bond motifs is 1. The van der Waals surface area contributed by atoms with Gasteiger partial charge in [-0.15, -0.1) is 0 Å². The Balaban J connectivity index is 2.76. The van der Waals surface area contributed by atoms with Crippen LogP contribution in [0.5, 0.6) is 17.2 Å². The van der Waals surface area contributed by atoms with Crippen LogP contribution < -0.4 is 9.47 Å². The van der Waals surface area contributed by atoms with E-state index >= 15 is 0 Å². The molecular formula is C11H12O5. The standard InChI is InChI=1S/C11H12O5/c1-14-6-3-7-10(13)9(5-12)16-11(7)8(4-6)15-2/h3-4,12-13H,5H2,1-2H3. The largest absolute Gasteiger partial charge is 0.504 e. The number of methoxy groups -OCH3 is 2. The van der Waals surface area contributed by atoms with Crippen LogP contribution in [0.2, 0.25) is 0 Å². The summed E-state index contributed by atoms with van der Waals surface area (Å²) in [5.41, 5.74) is 0.393. The molecule has 0 unspecified atom stereocenters. The fraction of sp³-hybridized carbons (Fsp3) is 0.273. The molecule has 16 heavy (non-hydrogen) atoms. The highest BCUT2D eigenvalue weighted by atomic mass is 16.5. The quantitative estimate of drug-likeness (QED) is 0.829. The molecule has 5 nitrogen and oxygen atoms in total. The van der Waals surface area contributed by atoms with E-state index in [-0.39, 0.29) is 18.1 Å². The smallest absolute Gasteiger partial charge is 0.180 e. The molecule has 2 rings (SSSR count). The number of rotatable bonds is 3. The van der Waals surface area contributed by atoms with Crippen molar-refractivity contribution >= 4 is 11.0 Å². The summed E-state index contributed by atoms with van der Waals surface area (Å²) >= 11 is 0. The summed E-state index contributed by atoms with van der Waals surface area (Å²) in [6.07, 6.45) is 0. The molecule has 0 spiro atoms. The first-order valence-corrected chi connectivity index (χ1v) is 4.68. The fourth-order valence-electron chi connectivity index (χ4n) is 1.56. The molecule has 0 bridgehead atoms. The lowest BCUT2D eigenvalue weighted by molar-refractivity contribution is 0.242. The Labute approximate surface area is 91.8 Å². The van der Waals surface area contributed by atoms with Crippen molar-refractivity contribution in [3.63, 3.8) is 0 Å². The van der Waals surface area contributed by atoms with Crippen molar-refractivity contribution in [1.29, 1.82) is 0 Å². The first-order valence-electron chi connectivity index (χ1n) is 4.68. The molecule has 1 aromatic heterocycles. The Hall–Kier alpha value is -1.88. The first kappa shape index (κ1) is 10.6. The number of hydrogen-bond donors (Lipinski definition) is 2. The topological polar surface area (TPSA) is 72.1 Å². The van der Waals surface area contributed by atoms with Crippen LogP contribution in [0.25, 0.3) is 11.0 Å². The second-order valence-electron chi connectivity index (χ2n) is 3.24. The predicted molar refractivity (Wildman–Crippen MR) is 56.9 cm³/mol. The van der Waals surface area contributed by atoms with Crippen LogP contribution in [0.4, 0.5) is 0 Å². The van der Waals surface area contributed by atoms with Crippen LogP contribution in [0.1, 0.15) is 5.76 Å². The minimum atomic E-state index is -0.369. The van der Waals surface area contributed by atoms with E-state index in [2.05, 4.69) is 0 Å². The van der Waals surface area contributed by atoms with Crippen LogP contribution in [0.15, 0.2) is 16.5 Å². The molecule has 0 fully saturated rings. The predicted octanol–water partition coefficient (Wildman–Crippen LogP) is 1.65. The Bertz CT molecular complexity index is 515. The minimum absolute atomic E-state index is 0.0882. The average molecular weight is 224 g/mol. The second kappa shape index (κ2) is 3.94. The van der Waals surface area contributed by atoms with Crippen LogP contribution in [0, 0.1) is 0 Å². The van der Waals surface area contributed by atoms with Crippen molar-refractivity contribution in [3.05, 3.63) is 17.9 Å². The van der Waals surface area contributed by atoms with Crippen LogP contribution in [0.3, 0.4) is 0 Å². The third kappa shape index (κ3) is 1.45. The summed E-state index contributed by atoms with van der Waals surface area (Å²) in [4.78, 5) is 0. The molecule has 0 aliphatic rings. The summed E-state index contributed by atoms with van der Waals surface area (Å²) in [5, 5.41) is 19.2. The molecular weight excluding hydrogens is 212 g/mol. The van der Waals surface area contributed by atoms with Gasteiger partial charge in [0.1, 0.15) is 12.4 Å². The number of aromatic hydroxyl groups is 1. The molecule has 5 heteroatoms. The van der Waals surface area contributed by atoms with Crippen molar-refractivity contribution in [2.45, 2.75) is 6.61 Å². The average Bonchev–Trinajstić information content (AvgIpc) is 2.65. The van der Waals surface area contributed by atoms with Crippen LogP contribution in [-0.4, -0.2) is 24.4 Å². The monoisotopic (exact) mass is 224 g/mol. The summed E-state index contributed by atoms with van der Waals surface area (Å²) in [5.74, 6) is 1.02. The zero-order chi connectivity index (χ0) is 11.7. The number of hydrogen-bond acceptors (Lipinski definition) is 5. The van der Waals surface area contributed by atoms with Crippen LogP contribution in [-0.2, 0) is 6.61 Å². The lowest BCUT2D eigenvalue weighted by Gasteiger charge is -2.04. The molecule has 0 aliphatic carbocycles. The molecule has 2 N–H and O–H groups in total. The van der Waals surface area contributed by atoms with Gasteiger partial charge in [-0.25, -0.2) is 0 Å². The molecule has 0 amide bonds. The van der Waals surface area contributed by atoms with Gasteiger partial charge in [0.25, 0.3) is 0 Å². The Kier molecular flexibility index (Phi) is 2.62. The van der Waals surface area contributed by atoms with Gasteiger partial charge in [-0.05, 0) is 6.07 Å². The van der Waals surface area contributed by atoms with Gasteiger partial charge in [-0.1, -0.05) is 0 Å². The van der Waals surface area contributed by atoms with E-state index in [1.165, 1.54) is 14.2 Å². The normalized spacial score (nSPS) is 10.7. The van der Waals surface area contributed by atoms with E-state index in [1.54, 1.807) is 12.1 Å². The molecule has 86 valence electrons. The zero-order valence-electron chi connectivity index (χ0n) is 8.98. The fourth-order valence-corrected chi connectivity index (χ4v) is 1.56. The lowest BCUT2D eigenvalue weighted by Crippen LogP contribution is -1.86. The molecule has 2 aromatic rings. The van der Waals surface area contributed by atoms with Crippen molar-refractivity contribution < 1.29 is 24.1 Å². The van der Waals surface area contributed by atoms with E-state index in [1.807, 2.05) is 0 Å². The highest BCUT2D eigenvalue weighted by molar-refractivity contribution is 5.91. The van der Waals surface area contributed by atoms with Gasteiger partial charge >= 0.3 is 0 Å². The summed E-state index contributed by atoms with van der Waals surface area (Å²) < 4.78 is 15.5. The molecule has 0 aliphatic heterocycles. The van der Waals surface area contributed by atoms with Gasteiger partial charge < -0.3 is 24.1 Å². The van der Waals surface area contributed by atoms with Crippen molar-refractivity contribution in [2.24, 2.45) is 0 Å². The number of benzene rings is 1.